The van der Waals surface area contributed by atoms with E-state index in [2.05, 4.69) is 63.7 Å². The van der Waals surface area contributed by atoms with Crippen LogP contribution < -0.4 is 0 Å². The summed E-state index contributed by atoms with van der Waals surface area (Å²) in [6.07, 6.45) is 9.30. The third-order valence-corrected chi connectivity index (χ3v) is 6.74. The third-order valence-electron chi connectivity index (χ3n) is 6.74. The summed E-state index contributed by atoms with van der Waals surface area (Å²) in [5.41, 5.74) is 11.1. The highest BCUT2D eigenvalue weighted by atomic mass is 15.1. The number of nitrogens with zero attached hydrogens (tertiary/aromatic N) is 1. The fraction of sp³-hybridized carbons (Fsp3) is 0.560. The van der Waals surface area contributed by atoms with Crippen LogP contribution in [0.15, 0.2) is 31.0 Å². The summed E-state index contributed by atoms with van der Waals surface area (Å²) in [5.74, 6) is 1.43. The van der Waals surface area contributed by atoms with Crippen molar-refractivity contribution < 1.29 is 0 Å². The van der Waals surface area contributed by atoms with Crippen molar-refractivity contribution in [2.24, 2.45) is 5.92 Å². The molecule has 1 aromatic rings. The van der Waals surface area contributed by atoms with Gasteiger partial charge in [-0.3, -0.25) is 0 Å². The van der Waals surface area contributed by atoms with Gasteiger partial charge in [-0.05, 0) is 74.1 Å². The molecular formula is C25H35N. The molecule has 2 atom stereocenters. The predicted molar refractivity (Wildman–Crippen MR) is 114 cm³/mol. The lowest BCUT2D eigenvalue weighted by atomic mass is 9.76. The van der Waals surface area contributed by atoms with Gasteiger partial charge in [-0.2, -0.15) is 0 Å². The Morgan fingerprint density at radius 1 is 1.08 bits per heavy atom. The Hall–Kier alpha value is -1.72. The highest BCUT2D eigenvalue weighted by Crippen LogP contribution is 2.42. The van der Waals surface area contributed by atoms with E-state index in [4.69, 9.17) is 0 Å². The van der Waals surface area contributed by atoms with Crippen molar-refractivity contribution in [1.29, 1.82) is 0 Å². The van der Waals surface area contributed by atoms with E-state index in [0.29, 0.717) is 12.0 Å². The average Bonchev–Trinajstić information content (AvgIpc) is 2.55. The summed E-state index contributed by atoms with van der Waals surface area (Å²) in [7, 11) is 2.25. The molecule has 26 heavy (non-hydrogen) atoms. The first-order valence-electron chi connectivity index (χ1n) is 10.4. The summed E-state index contributed by atoms with van der Waals surface area (Å²) in [4.78, 5) is 2.48. The van der Waals surface area contributed by atoms with Gasteiger partial charge in [0.25, 0.3) is 0 Å². The summed E-state index contributed by atoms with van der Waals surface area (Å²) in [6.45, 7) is 15.0. The summed E-state index contributed by atoms with van der Waals surface area (Å²) < 4.78 is 0. The molecular weight excluding hydrogens is 314 g/mol. The normalized spacial score (nSPS) is 23.1. The van der Waals surface area contributed by atoms with Crippen molar-refractivity contribution in [1.82, 2.24) is 4.90 Å². The molecule has 2 aliphatic carbocycles. The zero-order valence-electron chi connectivity index (χ0n) is 17.2. The van der Waals surface area contributed by atoms with Crippen molar-refractivity contribution in [2.75, 3.05) is 7.05 Å². The molecule has 2 aliphatic rings. The van der Waals surface area contributed by atoms with Crippen LogP contribution in [0.2, 0.25) is 0 Å². The van der Waals surface area contributed by atoms with Crippen molar-refractivity contribution in [3.05, 3.63) is 53.3 Å². The van der Waals surface area contributed by atoms with Gasteiger partial charge in [0.2, 0.25) is 0 Å². The second kappa shape index (κ2) is 7.89. The van der Waals surface area contributed by atoms with Crippen LogP contribution in [0.25, 0.3) is 11.3 Å². The summed E-state index contributed by atoms with van der Waals surface area (Å²) in [6, 6.07) is 5.37. The summed E-state index contributed by atoms with van der Waals surface area (Å²) >= 11 is 0. The minimum absolute atomic E-state index is 0.594. The predicted octanol–water partition coefficient (Wildman–Crippen LogP) is 6.93. The van der Waals surface area contributed by atoms with Gasteiger partial charge in [0, 0.05) is 18.7 Å². The number of rotatable bonds is 5. The van der Waals surface area contributed by atoms with Gasteiger partial charge in [-0.25, -0.2) is 0 Å². The Kier molecular flexibility index (Phi) is 5.78. The number of benzene rings is 1. The van der Waals surface area contributed by atoms with Crippen LogP contribution in [0.3, 0.4) is 0 Å². The topological polar surface area (TPSA) is 3.24 Å². The van der Waals surface area contributed by atoms with Gasteiger partial charge in [0.15, 0.2) is 0 Å². The van der Waals surface area contributed by atoms with E-state index in [1.54, 1.807) is 0 Å². The Balaban J connectivity index is 2.05. The molecule has 0 bridgehead atoms. The average molecular weight is 350 g/mol. The van der Waals surface area contributed by atoms with E-state index in [0.717, 1.165) is 11.5 Å². The Morgan fingerprint density at radius 2 is 1.77 bits per heavy atom. The lowest BCUT2D eigenvalue weighted by Gasteiger charge is -2.39. The van der Waals surface area contributed by atoms with Gasteiger partial charge >= 0.3 is 0 Å². The molecule has 2 fully saturated rings. The van der Waals surface area contributed by atoms with Crippen LogP contribution >= 0.6 is 0 Å². The lowest BCUT2D eigenvalue weighted by Crippen LogP contribution is -2.38. The van der Waals surface area contributed by atoms with E-state index >= 15 is 0 Å². The zero-order chi connectivity index (χ0) is 18.8. The molecule has 2 saturated carbocycles. The molecule has 3 rings (SSSR count). The largest absolute Gasteiger partial charge is 0.365 e. The molecule has 0 spiro atoms. The Bertz CT molecular complexity index is 731. The maximum absolute atomic E-state index is 4.21. The second-order valence-corrected chi connectivity index (χ2v) is 8.63. The maximum atomic E-state index is 4.21. The fourth-order valence-electron chi connectivity index (χ4n) is 4.90. The van der Waals surface area contributed by atoms with Crippen LogP contribution in [0.1, 0.15) is 87.0 Å². The Labute approximate surface area is 160 Å². The SMILES string of the molecule is C=C=C(c1cc(C(=C)C)c(C)cc1C1CCC1)N(C)C1CCCCC1C. The minimum atomic E-state index is 0.594. The number of hydrogen-bond acceptors (Lipinski definition) is 1. The molecule has 2 unspecified atom stereocenters. The van der Waals surface area contributed by atoms with Crippen molar-refractivity contribution in [3.8, 4) is 0 Å². The highest BCUT2D eigenvalue weighted by molar-refractivity contribution is 5.74. The first-order chi connectivity index (χ1) is 12.4. The first kappa shape index (κ1) is 19.1. The van der Waals surface area contributed by atoms with E-state index in [9.17, 15) is 0 Å². The molecule has 0 aliphatic heterocycles. The fourth-order valence-corrected chi connectivity index (χ4v) is 4.90. The monoisotopic (exact) mass is 349 g/mol. The number of allylic oxidation sites excluding steroid dienone is 1. The minimum Gasteiger partial charge on any atom is -0.365 e. The third kappa shape index (κ3) is 3.55. The van der Waals surface area contributed by atoms with E-state index < -0.39 is 0 Å². The molecule has 0 radical (unpaired) electrons. The molecule has 0 N–H and O–H groups in total. The number of aryl methyl sites for hydroxylation is 1. The standard InChI is InChI=1S/C25H35N/c1-7-24(26(6)25-14-9-8-11-18(25)4)23-16-21(17(2)3)19(5)15-22(23)20-12-10-13-20/h15-16,18,20,25H,1-2,8-14H2,3-6H3. The van der Waals surface area contributed by atoms with Crippen LogP contribution in [0.5, 0.6) is 0 Å². The second-order valence-electron chi connectivity index (χ2n) is 8.63. The van der Waals surface area contributed by atoms with Crippen molar-refractivity contribution in [2.45, 2.75) is 77.7 Å². The Morgan fingerprint density at radius 3 is 2.31 bits per heavy atom. The van der Waals surface area contributed by atoms with E-state index in [-0.39, 0.29) is 0 Å². The van der Waals surface area contributed by atoms with Crippen molar-refractivity contribution in [3.63, 3.8) is 0 Å². The highest BCUT2D eigenvalue weighted by Gasteiger charge is 2.30. The first-order valence-corrected chi connectivity index (χ1v) is 10.4. The molecule has 1 aromatic carbocycles. The van der Waals surface area contributed by atoms with Crippen LogP contribution in [-0.2, 0) is 0 Å². The van der Waals surface area contributed by atoms with Crippen LogP contribution in [0.4, 0.5) is 0 Å². The van der Waals surface area contributed by atoms with Crippen LogP contribution in [0, 0.1) is 12.8 Å². The van der Waals surface area contributed by atoms with E-state index in [1.165, 1.54) is 72.9 Å². The van der Waals surface area contributed by atoms with E-state index in [1.807, 2.05) is 0 Å². The van der Waals surface area contributed by atoms with Crippen molar-refractivity contribution >= 4 is 11.3 Å². The molecule has 0 amide bonds. The molecule has 140 valence electrons. The van der Waals surface area contributed by atoms with Gasteiger partial charge in [-0.15, -0.1) is 5.73 Å². The number of hydrogen-bond donors (Lipinski definition) is 0. The molecule has 0 aromatic heterocycles. The molecule has 1 heteroatoms. The molecule has 0 saturated heterocycles. The molecule has 1 nitrogen and oxygen atoms in total. The maximum Gasteiger partial charge on any atom is 0.0870 e. The quantitative estimate of drug-likeness (QED) is 0.521. The lowest BCUT2D eigenvalue weighted by molar-refractivity contribution is 0.196. The van der Waals surface area contributed by atoms with Gasteiger partial charge in [-0.1, -0.05) is 51.0 Å². The zero-order valence-corrected chi connectivity index (χ0v) is 17.2. The smallest absolute Gasteiger partial charge is 0.0870 e. The van der Waals surface area contributed by atoms with Gasteiger partial charge in [0.1, 0.15) is 0 Å². The van der Waals surface area contributed by atoms with Gasteiger partial charge < -0.3 is 4.90 Å². The van der Waals surface area contributed by atoms with Gasteiger partial charge in [0.05, 0.1) is 5.70 Å². The molecule has 0 heterocycles. The summed E-state index contributed by atoms with van der Waals surface area (Å²) in [5, 5.41) is 0. The van der Waals surface area contributed by atoms with Crippen LogP contribution in [-0.4, -0.2) is 18.0 Å².